The maximum Gasteiger partial charge on any atom is 0.265 e. The quantitative estimate of drug-likeness (QED) is 0.442. The summed E-state index contributed by atoms with van der Waals surface area (Å²) in [5, 5.41) is 8.33. The SMILES string of the molecule is N#CC1CCC(=O)C(=O)C1=O. The van der Waals surface area contributed by atoms with Crippen molar-refractivity contribution in [3.63, 3.8) is 0 Å². The predicted octanol–water partition coefficient (Wildman–Crippen LogP) is -0.373. The van der Waals surface area contributed by atoms with E-state index >= 15 is 0 Å². The Morgan fingerprint density at radius 2 is 2.00 bits per heavy atom. The third-order valence-corrected chi connectivity index (χ3v) is 1.61. The van der Waals surface area contributed by atoms with Crippen molar-refractivity contribution in [1.82, 2.24) is 0 Å². The Morgan fingerprint density at radius 3 is 2.55 bits per heavy atom. The van der Waals surface area contributed by atoms with E-state index < -0.39 is 23.3 Å². The minimum atomic E-state index is -1.01. The van der Waals surface area contributed by atoms with Crippen LogP contribution in [0.5, 0.6) is 0 Å². The molecule has 0 bridgehead atoms. The smallest absolute Gasteiger partial charge is 0.265 e. The summed E-state index contributed by atoms with van der Waals surface area (Å²) >= 11 is 0. The molecule has 56 valence electrons. The van der Waals surface area contributed by atoms with Crippen molar-refractivity contribution in [3.05, 3.63) is 0 Å². The Bertz CT molecular complexity index is 274. The molecular weight excluding hydrogens is 146 g/mol. The molecule has 4 nitrogen and oxygen atoms in total. The standard InChI is InChI=1S/C7H5NO3/c8-3-4-1-2-5(9)7(11)6(4)10/h4H,1-2H2. The molecule has 1 saturated carbocycles. The molecular formula is C7H5NO3. The lowest BCUT2D eigenvalue weighted by atomic mass is 9.87. The van der Waals surface area contributed by atoms with Crippen molar-refractivity contribution in [1.29, 1.82) is 5.26 Å². The van der Waals surface area contributed by atoms with E-state index in [-0.39, 0.29) is 12.8 Å². The van der Waals surface area contributed by atoms with Gasteiger partial charge in [0.05, 0.1) is 6.07 Å². The molecule has 0 aromatic rings. The number of nitriles is 1. The first-order chi connectivity index (χ1) is 5.16. The van der Waals surface area contributed by atoms with Crippen LogP contribution >= 0.6 is 0 Å². The number of ketones is 3. The monoisotopic (exact) mass is 151 g/mol. The Balaban J connectivity index is 2.85. The third-order valence-electron chi connectivity index (χ3n) is 1.61. The molecule has 0 heterocycles. The van der Waals surface area contributed by atoms with Crippen molar-refractivity contribution in [2.75, 3.05) is 0 Å². The van der Waals surface area contributed by atoms with Gasteiger partial charge in [0.25, 0.3) is 5.78 Å². The second-order valence-corrected chi connectivity index (χ2v) is 2.34. The molecule has 0 saturated heterocycles. The molecule has 4 heteroatoms. The van der Waals surface area contributed by atoms with Gasteiger partial charge in [0.2, 0.25) is 11.6 Å². The lowest BCUT2D eigenvalue weighted by Crippen LogP contribution is -2.34. The van der Waals surface area contributed by atoms with E-state index in [2.05, 4.69) is 0 Å². The Morgan fingerprint density at radius 1 is 1.36 bits per heavy atom. The van der Waals surface area contributed by atoms with E-state index in [9.17, 15) is 14.4 Å². The second-order valence-electron chi connectivity index (χ2n) is 2.34. The number of hydrogen-bond acceptors (Lipinski definition) is 4. The Labute approximate surface area is 62.8 Å². The van der Waals surface area contributed by atoms with Crippen LogP contribution in [0.2, 0.25) is 0 Å². The van der Waals surface area contributed by atoms with Gasteiger partial charge in [-0.3, -0.25) is 14.4 Å². The molecule has 0 radical (unpaired) electrons. The van der Waals surface area contributed by atoms with Gasteiger partial charge in [0.1, 0.15) is 5.92 Å². The van der Waals surface area contributed by atoms with E-state index in [1.807, 2.05) is 0 Å². The topological polar surface area (TPSA) is 75.0 Å². The number of nitrogens with zero attached hydrogens (tertiary/aromatic N) is 1. The van der Waals surface area contributed by atoms with Crippen LogP contribution in [0.15, 0.2) is 0 Å². The molecule has 1 atom stereocenters. The number of hydrogen-bond donors (Lipinski definition) is 0. The highest BCUT2D eigenvalue weighted by atomic mass is 16.2. The highest BCUT2D eigenvalue weighted by molar-refractivity contribution is 6.65. The van der Waals surface area contributed by atoms with Gasteiger partial charge in [-0.1, -0.05) is 0 Å². The lowest BCUT2D eigenvalue weighted by Gasteiger charge is -2.10. The molecule has 11 heavy (non-hydrogen) atoms. The molecule has 0 amide bonds. The summed E-state index contributed by atoms with van der Waals surface area (Å²) in [4.78, 5) is 32.0. The van der Waals surface area contributed by atoms with Gasteiger partial charge in [0, 0.05) is 6.42 Å². The first-order valence-electron chi connectivity index (χ1n) is 3.18. The van der Waals surface area contributed by atoms with Gasteiger partial charge in [-0.15, -0.1) is 0 Å². The van der Waals surface area contributed by atoms with Crippen LogP contribution in [0.1, 0.15) is 12.8 Å². The fourth-order valence-corrected chi connectivity index (χ4v) is 0.939. The number of Topliss-reactive ketones (excluding diaryl/α,β-unsaturated/α-hetero) is 3. The Hall–Kier alpha value is -1.50. The van der Waals surface area contributed by atoms with Crippen LogP contribution in [-0.4, -0.2) is 17.3 Å². The van der Waals surface area contributed by atoms with Crippen LogP contribution in [0.4, 0.5) is 0 Å². The minimum Gasteiger partial charge on any atom is -0.290 e. The fraction of sp³-hybridized carbons (Fsp3) is 0.429. The van der Waals surface area contributed by atoms with Crippen LogP contribution < -0.4 is 0 Å². The summed E-state index contributed by atoms with van der Waals surface area (Å²) in [7, 11) is 0. The third kappa shape index (κ3) is 1.17. The predicted molar refractivity (Wildman–Crippen MR) is 33.4 cm³/mol. The summed E-state index contributed by atoms with van der Waals surface area (Å²) in [5.74, 6) is -3.41. The van der Waals surface area contributed by atoms with Crippen molar-refractivity contribution >= 4 is 17.3 Å². The largest absolute Gasteiger partial charge is 0.290 e. The summed E-state index contributed by atoms with van der Waals surface area (Å²) in [6, 6.07) is 1.68. The van der Waals surface area contributed by atoms with Crippen LogP contribution in [0.3, 0.4) is 0 Å². The van der Waals surface area contributed by atoms with Crippen molar-refractivity contribution in [2.45, 2.75) is 12.8 Å². The van der Waals surface area contributed by atoms with E-state index in [0.717, 1.165) is 0 Å². The summed E-state index contributed by atoms with van der Waals surface area (Å²) in [6.07, 6.45) is 0.225. The number of carbonyl (C=O) groups excluding carboxylic acids is 3. The lowest BCUT2D eigenvalue weighted by molar-refractivity contribution is -0.147. The maximum absolute atomic E-state index is 10.8. The second kappa shape index (κ2) is 2.62. The molecule has 1 rings (SSSR count). The van der Waals surface area contributed by atoms with Gasteiger partial charge in [-0.25, -0.2) is 0 Å². The molecule has 0 aromatic carbocycles. The Kier molecular flexibility index (Phi) is 1.81. The van der Waals surface area contributed by atoms with Crippen LogP contribution in [-0.2, 0) is 14.4 Å². The first kappa shape index (κ1) is 7.61. The van der Waals surface area contributed by atoms with Gasteiger partial charge < -0.3 is 0 Å². The number of carbonyl (C=O) groups is 3. The van der Waals surface area contributed by atoms with Gasteiger partial charge in [0.15, 0.2) is 0 Å². The number of rotatable bonds is 0. The van der Waals surface area contributed by atoms with E-state index in [1.54, 1.807) is 6.07 Å². The molecule has 0 aromatic heterocycles. The van der Waals surface area contributed by atoms with Crippen LogP contribution in [0.25, 0.3) is 0 Å². The molecule has 0 spiro atoms. The summed E-state index contributed by atoms with van der Waals surface area (Å²) in [6.45, 7) is 0. The van der Waals surface area contributed by atoms with Gasteiger partial charge >= 0.3 is 0 Å². The molecule has 0 N–H and O–H groups in total. The zero-order valence-electron chi connectivity index (χ0n) is 5.66. The van der Waals surface area contributed by atoms with E-state index in [1.165, 1.54) is 0 Å². The van der Waals surface area contributed by atoms with E-state index in [0.29, 0.717) is 0 Å². The van der Waals surface area contributed by atoms with Crippen molar-refractivity contribution in [2.24, 2.45) is 5.92 Å². The first-order valence-corrected chi connectivity index (χ1v) is 3.18. The van der Waals surface area contributed by atoms with Gasteiger partial charge in [-0.2, -0.15) is 5.26 Å². The van der Waals surface area contributed by atoms with Gasteiger partial charge in [-0.05, 0) is 6.42 Å². The molecule has 1 aliphatic carbocycles. The van der Waals surface area contributed by atoms with Crippen molar-refractivity contribution < 1.29 is 14.4 Å². The minimum absolute atomic E-state index is 0.0306. The molecule has 1 unspecified atom stereocenters. The van der Waals surface area contributed by atoms with Crippen molar-refractivity contribution in [3.8, 4) is 6.07 Å². The molecule has 1 fully saturated rings. The molecule has 1 aliphatic rings. The zero-order chi connectivity index (χ0) is 8.43. The zero-order valence-corrected chi connectivity index (χ0v) is 5.66. The molecule has 0 aliphatic heterocycles. The average Bonchev–Trinajstić information content (AvgIpc) is 2.01. The fourth-order valence-electron chi connectivity index (χ4n) is 0.939. The van der Waals surface area contributed by atoms with Crippen LogP contribution in [0, 0.1) is 17.2 Å². The summed E-state index contributed by atoms with van der Waals surface area (Å²) in [5.41, 5.74) is 0. The normalized spacial score (nSPS) is 25.0. The van der Waals surface area contributed by atoms with E-state index in [4.69, 9.17) is 5.26 Å². The maximum atomic E-state index is 10.8. The summed E-state index contributed by atoms with van der Waals surface area (Å²) < 4.78 is 0. The average molecular weight is 151 g/mol. The highest BCUT2D eigenvalue weighted by Crippen LogP contribution is 2.14. The highest BCUT2D eigenvalue weighted by Gasteiger charge is 2.35.